The predicted octanol–water partition coefficient (Wildman–Crippen LogP) is 3.72. The van der Waals surface area contributed by atoms with Crippen LogP contribution < -0.4 is 10.2 Å². The number of anilines is 1. The van der Waals surface area contributed by atoms with Gasteiger partial charge in [0.2, 0.25) is 11.8 Å². The lowest BCUT2D eigenvalue weighted by molar-refractivity contribution is -0.126. The molecule has 1 aliphatic heterocycles. The largest absolute Gasteiger partial charge is 0.353 e. The van der Waals surface area contributed by atoms with Crippen molar-refractivity contribution < 1.29 is 9.59 Å². The van der Waals surface area contributed by atoms with E-state index in [0.717, 1.165) is 24.1 Å². The van der Waals surface area contributed by atoms with Crippen molar-refractivity contribution in [2.45, 2.75) is 46.1 Å². The summed E-state index contributed by atoms with van der Waals surface area (Å²) in [7, 11) is 0. The molecule has 2 unspecified atom stereocenters. The number of nitrogens with zero attached hydrogens (tertiary/aromatic N) is 1. The van der Waals surface area contributed by atoms with Gasteiger partial charge in [0.25, 0.3) is 0 Å². The number of nitrogens with one attached hydrogen (secondary N) is 1. The maximum Gasteiger partial charge on any atom is 0.227 e. The lowest BCUT2D eigenvalue weighted by atomic mass is 10.1. The molecule has 1 saturated heterocycles. The van der Waals surface area contributed by atoms with E-state index in [-0.39, 0.29) is 30.2 Å². The fourth-order valence-corrected chi connectivity index (χ4v) is 4.52. The van der Waals surface area contributed by atoms with Gasteiger partial charge in [0, 0.05) is 40.9 Å². The third kappa shape index (κ3) is 4.15. The Morgan fingerprint density at radius 2 is 2.08 bits per heavy atom. The molecule has 1 fully saturated rings. The average Bonchev–Trinajstić information content (AvgIpc) is 3.20. The van der Waals surface area contributed by atoms with Crippen LogP contribution in [-0.2, 0) is 22.4 Å². The van der Waals surface area contributed by atoms with E-state index in [1.54, 1.807) is 16.2 Å². The molecule has 2 aromatic rings. The highest BCUT2D eigenvalue weighted by Gasteiger charge is 2.36. The number of carbonyl (C=O) groups is 2. The summed E-state index contributed by atoms with van der Waals surface area (Å²) < 4.78 is 0. The quantitative estimate of drug-likeness (QED) is 0.842. The molecule has 2 amide bonds. The Labute approximate surface area is 159 Å². The molecule has 1 N–H and O–H groups in total. The highest BCUT2D eigenvalue weighted by molar-refractivity contribution is 7.11. The molecular weight excluding hydrogens is 344 g/mol. The fraction of sp³-hybridized carbons (Fsp3) is 0.429. The van der Waals surface area contributed by atoms with Crippen LogP contribution >= 0.6 is 11.3 Å². The molecule has 0 bridgehead atoms. The molecule has 2 atom stereocenters. The summed E-state index contributed by atoms with van der Waals surface area (Å²) in [5, 5.41) is 3.09. The standard InChI is InChI=1S/C21H26N2O2S/c1-4-16-7-5-6-8-19(16)23-13-17(12-20(23)24)21(25)22-14(2)11-18-10-9-15(3)26-18/h5-10,14,17H,4,11-13H2,1-3H3,(H,22,25). The average molecular weight is 371 g/mol. The number of para-hydroxylation sites is 1. The van der Waals surface area contributed by atoms with Gasteiger partial charge in [-0.15, -0.1) is 11.3 Å². The van der Waals surface area contributed by atoms with Gasteiger partial charge in [-0.25, -0.2) is 0 Å². The summed E-state index contributed by atoms with van der Waals surface area (Å²) in [5.41, 5.74) is 2.08. The lowest BCUT2D eigenvalue weighted by Crippen LogP contribution is -2.39. The molecule has 2 heterocycles. The van der Waals surface area contributed by atoms with Gasteiger partial charge in [-0.1, -0.05) is 25.1 Å². The highest BCUT2D eigenvalue weighted by atomic mass is 32.1. The monoisotopic (exact) mass is 370 g/mol. The van der Waals surface area contributed by atoms with Crippen LogP contribution in [0.3, 0.4) is 0 Å². The maximum absolute atomic E-state index is 12.6. The summed E-state index contributed by atoms with van der Waals surface area (Å²) in [6, 6.07) is 12.2. The van der Waals surface area contributed by atoms with E-state index in [9.17, 15) is 9.59 Å². The summed E-state index contributed by atoms with van der Waals surface area (Å²) >= 11 is 1.76. The molecule has 1 aromatic heterocycles. The number of rotatable bonds is 6. The van der Waals surface area contributed by atoms with Crippen molar-refractivity contribution in [1.29, 1.82) is 0 Å². The van der Waals surface area contributed by atoms with Crippen LogP contribution in [0.15, 0.2) is 36.4 Å². The summed E-state index contributed by atoms with van der Waals surface area (Å²) in [6.07, 6.45) is 1.98. The second-order valence-electron chi connectivity index (χ2n) is 7.01. The van der Waals surface area contributed by atoms with E-state index in [1.807, 2.05) is 31.2 Å². The van der Waals surface area contributed by atoms with Crippen molar-refractivity contribution in [3.8, 4) is 0 Å². The zero-order valence-electron chi connectivity index (χ0n) is 15.6. The molecule has 0 spiro atoms. The molecule has 1 aromatic carbocycles. The molecule has 0 radical (unpaired) electrons. The zero-order chi connectivity index (χ0) is 18.7. The SMILES string of the molecule is CCc1ccccc1N1CC(C(=O)NC(C)Cc2ccc(C)s2)CC1=O. The molecule has 1 aliphatic rings. The van der Waals surface area contributed by atoms with Crippen LogP contribution in [-0.4, -0.2) is 24.4 Å². The highest BCUT2D eigenvalue weighted by Crippen LogP contribution is 2.28. The molecule has 3 rings (SSSR count). The minimum absolute atomic E-state index is 0.0180. The number of carbonyl (C=O) groups excluding carboxylic acids is 2. The third-order valence-electron chi connectivity index (χ3n) is 4.85. The molecule has 0 saturated carbocycles. The maximum atomic E-state index is 12.6. The van der Waals surface area contributed by atoms with Crippen LogP contribution in [0.5, 0.6) is 0 Å². The molecule has 26 heavy (non-hydrogen) atoms. The minimum Gasteiger partial charge on any atom is -0.353 e. The Bertz CT molecular complexity index is 799. The Kier molecular flexibility index (Phi) is 5.77. The summed E-state index contributed by atoms with van der Waals surface area (Å²) in [6.45, 7) is 6.65. The van der Waals surface area contributed by atoms with E-state index in [2.05, 4.69) is 31.3 Å². The van der Waals surface area contributed by atoms with Gasteiger partial charge in [-0.3, -0.25) is 9.59 Å². The summed E-state index contributed by atoms with van der Waals surface area (Å²) in [5.74, 6) is -0.261. The fourth-order valence-electron chi connectivity index (χ4n) is 3.50. The number of hydrogen-bond acceptors (Lipinski definition) is 3. The second kappa shape index (κ2) is 8.04. The first-order valence-corrected chi connectivity index (χ1v) is 10.0. The van der Waals surface area contributed by atoms with Gasteiger partial charge in [-0.05, 0) is 44.0 Å². The van der Waals surface area contributed by atoms with Crippen molar-refractivity contribution in [2.24, 2.45) is 5.92 Å². The first-order valence-electron chi connectivity index (χ1n) is 9.22. The minimum atomic E-state index is -0.278. The van der Waals surface area contributed by atoms with Gasteiger partial charge in [0.05, 0.1) is 5.92 Å². The second-order valence-corrected chi connectivity index (χ2v) is 8.39. The van der Waals surface area contributed by atoms with Crippen LogP contribution in [0.4, 0.5) is 5.69 Å². The molecule has 5 heteroatoms. The van der Waals surface area contributed by atoms with Crippen LogP contribution in [0.1, 0.15) is 35.6 Å². The predicted molar refractivity (Wildman–Crippen MR) is 107 cm³/mol. The Morgan fingerprint density at radius 1 is 1.31 bits per heavy atom. The van der Waals surface area contributed by atoms with Crippen LogP contribution in [0, 0.1) is 12.8 Å². The molecule has 138 valence electrons. The van der Waals surface area contributed by atoms with Gasteiger partial charge in [-0.2, -0.15) is 0 Å². The Morgan fingerprint density at radius 3 is 2.77 bits per heavy atom. The van der Waals surface area contributed by atoms with E-state index in [4.69, 9.17) is 0 Å². The molecule has 4 nitrogen and oxygen atoms in total. The number of benzene rings is 1. The number of amides is 2. The third-order valence-corrected chi connectivity index (χ3v) is 5.87. The van der Waals surface area contributed by atoms with E-state index in [0.29, 0.717) is 6.54 Å². The van der Waals surface area contributed by atoms with Crippen molar-refractivity contribution in [2.75, 3.05) is 11.4 Å². The van der Waals surface area contributed by atoms with Crippen molar-refractivity contribution >= 4 is 28.8 Å². The zero-order valence-corrected chi connectivity index (χ0v) is 16.4. The van der Waals surface area contributed by atoms with Gasteiger partial charge < -0.3 is 10.2 Å². The topological polar surface area (TPSA) is 49.4 Å². The van der Waals surface area contributed by atoms with Crippen molar-refractivity contribution in [3.63, 3.8) is 0 Å². The van der Waals surface area contributed by atoms with E-state index in [1.165, 1.54) is 9.75 Å². The van der Waals surface area contributed by atoms with E-state index < -0.39 is 0 Å². The normalized spacial score (nSPS) is 18.2. The number of hydrogen-bond donors (Lipinski definition) is 1. The number of thiophene rings is 1. The van der Waals surface area contributed by atoms with Gasteiger partial charge in [0.15, 0.2) is 0 Å². The van der Waals surface area contributed by atoms with Gasteiger partial charge >= 0.3 is 0 Å². The number of aryl methyl sites for hydroxylation is 2. The first-order chi connectivity index (χ1) is 12.5. The van der Waals surface area contributed by atoms with Crippen molar-refractivity contribution in [3.05, 3.63) is 51.7 Å². The Balaban J connectivity index is 1.61. The molecule has 0 aliphatic carbocycles. The molecular formula is C21H26N2O2S. The van der Waals surface area contributed by atoms with Crippen LogP contribution in [0.25, 0.3) is 0 Å². The van der Waals surface area contributed by atoms with Gasteiger partial charge in [0.1, 0.15) is 0 Å². The van der Waals surface area contributed by atoms with Crippen molar-refractivity contribution in [1.82, 2.24) is 5.32 Å². The Hall–Kier alpha value is -2.14. The van der Waals surface area contributed by atoms with E-state index >= 15 is 0 Å². The lowest BCUT2D eigenvalue weighted by Gasteiger charge is -2.20. The van der Waals surface area contributed by atoms with Crippen LogP contribution in [0.2, 0.25) is 0 Å². The summed E-state index contributed by atoms with van der Waals surface area (Å²) in [4.78, 5) is 29.5. The smallest absolute Gasteiger partial charge is 0.227 e. The first kappa shape index (κ1) is 18.6.